The van der Waals surface area contributed by atoms with E-state index in [1.54, 1.807) is 18.3 Å². The van der Waals surface area contributed by atoms with Crippen LogP contribution < -0.4 is 5.11 Å². The van der Waals surface area contributed by atoms with E-state index in [-0.39, 0.29) is 5.56 Å². The van der Waals surface area contributed by atoms with Gasteiger partial charge < -0.3 is 9.90 Å². The van der Waals surface area contributed by atoms with Gasteiger partial charge in [0.25, 0.3) is 0 Å². The largest absolute Gasteiger partial charge is 0.545 e. The Bertz CT molecular complexity index is 530. The first-order valence-corrected chi connectivity index (χ1v) is 5.16. The van der Waals surface area contributed by atoms with E-state index < -0.39 is 5.97 Å². The first kappa shape index (κ1) is 11.1. The summed E-state index contributed by atoms with van der Waals surface area (Å²) in [4.78, 5) is 14.8. The molecule has 0 amide bonds. The summed E-state index contributed by atoms with van der Waals surface area (Å²) in [6.45, 7) is 0. The van der Waals surface area contributed by atoms with Gasteiger partial charge in [-0.15, -0.1) is 0 Å². The number of carbonyl (C=O) groups is 1. The Hall–Kier alpha value is -2.42. The van der Waals surface area contributed by atoms with E-state index in [0.29, 0.717) is 5.69 Å². The van der Waals surface area contributed by atoms with Crippen LogP contribution in [-0.4, -0.2) is 12.2 Å². The van der Waals surface area contributed by atoms with Gasteiger partial charge in [-0.3, -0.25) is 4.99 Å². The molecule has 0 saturated carbocycles. The summed E-state index contributed by atoms with van der Waals surface area (Å²) in [6.07, 6.45) is 1.73. The van der Waals surface area contributed by atoms with Crippen molar-refractivity contribution in [1.29, 1.82) is 0 Å². The Morgan fingerprint density at radius 3 is 2.24 bits per heavy atom. The first-order chi connectivity index (χ1) is 8.25. The van der Waals surface area contributed by atoms with Gasteiger partial charge in [0.05, 0.1) is 11.7 Å². The summed E-state index contributed by atoms with van der Waals surface area (Å²) < 4.78 is 0. The minimum absolute atomic E-state index is 0.156. The summed E-state index contributed by atoms with van der Waals surface area (Å²) in [7, 11) is 0. The number of hydrogen-bond donors (Lipinski definition) is 0. The maximum absolute atomic E-state index is 10.5. The van der Waals surface area contributed by atoms with Gasteiger partial charge in [0, 0.05) is 6.21 Å². The molecule has 0 heterocycles. The molecule has 2 aromatic carbocycles. The molecule has 0 N–H and O–H groups in total. The lowest BCUT2D eigenvalue weighted by Crippen LogP contribution is -2.21. The Morgan fingerprint density at radius 1 is 1.00 bits per heavy atom. The molecule has 0 saturated heterocycles. The van der Waals surface area contributed by atoms with Crippen molar-refractivity contribution in [2.24, 2.45) is 4.99 Å². The standard InChI is InChI=1S/C14H11NO2/c16-14(17)12-6-8-13(9-7-12)15-10-11-4-2-1-3-5-11/h1-10H,(H,16,17)/p-1. The molecule has 0 unspecified atom stereocenters. The Morgan fingerprint density at radius 2 is 1.65 bits per heavy atom. The highest BCUT2D eigenvalue weighted by Crippen LogP contribution is 2.12. The zero-order chi connectivity index (χ0) is 12.1. The fraction of sp³-hybridized carbons (Fsp3) is 0. The lowest BCUT2D eigenvalue weighted by Gasteiger charge is -2.01. The van der Waals surface area contributed by atoms with Crippen molar-refractivity contribution in [2.75, 3.05) is 0 Å². The van der Waals surface area contributed by atoms with Gasteiger partial charge >= 0.3 is 0 Å². The average molecular weight is 224 g/mol. The highest BCUT2D eigenvalue weighted by atomic mass is 16.4. The van der Waals surface area contributed by atoms with Crippen LogP contribution in [0.4, 0.5) is 5.69 Å². The summed E-state index contributed by atoms with van der Waals surface area (Å²) in [6, 6.07) is 15.9. The molecule has 0 radical (unpaired) electrons. The van der Waals surface area contributed by atoms with Crippen molar-refractivity contribution in [3.05, 3.63) is 65.7 Å². The molecule has 17 heavy (non-hydrogen) atoms. The van der Waals surface area contributed by atoms with Crippen LogP contribution in [0.2, 0.25) is 0 Å². The molecule has 0 atom stereocenters. The van der Waals surface area contributed by atoms with Gasteiger partial charge in [0.1, 0.15) is 0 Å². The van der Waals surface area contributed by atoms with E-state index in [2.05, 4.69) is 4.99 Å². The van der Waals surface area contributed by atoms with Crippen molar-refractivity contribution >= 4 is 17.9 Å². The van der Waals surface area contributed by atoms with Gasteiger partial charge in [-0.25, -0.2) is 0 Å². The van der Waals surface area contributed by atoms with Crippen LogP contribution >= 0.6 is 0 Å². The Kier molecular flexibility index (Phi) is 3.31. The Labute approximate surface area is 99.1 Å². The molecule has 0 aliphatic rings. The molecule has 0 aliphatic carbocycles. The smallest absolute Gasteiger partial charge is 0.0715 e. The molecule has 0 fully saturated rings. The topological polar surface area (TPSA) is 52.5 Å². The van der Waals surface area contributed by atoms with Gasteiger partial charge in [0.15, 0.2) is 0 Å². The Balaban J connectivity index is 2.14. The molecule has 3 nitrogen and oxygen atoms in total. The maximum atomic E-state index is 10.5. The number of carboxylic acid groups (broad SMARTS) is 1. The second-order valence-corrected chi connectivity index (χ2v) is 3.50. The molecular weight excluding hydrogens is 214 g/mol. The molecule has 0 aliphatic heterocycles. The predicted molar refractivity (Wildman–Crippen MR) is 64.5 cm³/mol. The monoisotopic (exact) mass is 224 g/mol. The van der Waals surface area contributed by atoms with Gasteiger partial charge in [-0.1, -0.05) is 42.5 Å². The van der Waals surface area contributed by atoms with Crippen molar-refractivity contribution < 1.29 is 9.90 Å². The zero-order valence-corrected chi connectivity index (χ0v) is 9.04. The predicted octanol–water partition coefficient (Wildman–Crippen LogP) is 1.80. The molecule has 84 valence electrons. The third-order valence-electron chi connectivity index (χ3n) is 2.27. The highest BCUT2D eigenvalue weighted by Gasteiger charge is 1.93. The minimum Gasteiger partial charge on any atom is -0.545 e. The van der Waals surface area contributed by atoms with Crippen LogP contribution in [0.15, 0.2) is 59.6 Å². The zero-order valence-electron chi connectivity index (χ0n) is 9.04. The van der Waals surface area contributed by atoms with Gasteiger partial charge in [0.2, 0.25) is 0 Å². The number of hydrogen-bond acceptors (Lipinski definition) is 3. The molecule has 2 aromatic rings. The molecule has 0 spiro atoms. The first-order valence-electron chi connectivity index (χ1n) is 5.16. The van der Waals surface area contributed by atoms with E-state index >= 15 is 0 Å². The van der Waals surface area contributed by atoms with E-state index in [9.17, 15) is 9.90 Å². The van der Waals surface area contributed by atoms with Gasteiger partial charge in [-0.2, -0.15) is 0 Å². The molecule has 3 heteroatoms. The lowest BCUT2D eigenvalue weighted by molar-refractivity contribution is -0.255. The molecular formula is C14H10NO2-. The fourth-order valence-corrected chi connectivity index (χ4v) is 1.37. The van der Waals surface area contributed by atoms with Crippen molar-refractivity contribution in [2.45, 2.75) is 0 Å². The quantitative estimate of drug-likeness (QED) is 0.746. The van der Waals surface area contributed by atoms with Crippen LogP contribution in [-0.2, 0) is 0 Å². The van der Waals surface area contributed by atoms with E-state index in [4.69, 9.17) is 0 Å². The lowest BCUT2D eigenvalue weighted by atomic mass is 10.2. The van der Waals surface area contributed by atoms with E-state index in [0.717, 1.165) is 5.56 Å². The molecule has 0 bridgehead atoms. The van der Waals surface area contributed by atoms with Crippen LogP contribution in [0.5, 0.6) is 0 Å². The summed E-state index contributed by atoms with van der Waals surface area (Å²) >= 11 is 0. The number of aliphatic imine (C=N–C) groups is 1. The van der Waals surface area contributed by atoms with Crippen molar-refractivity contribution in [3.63, 3.8) is 0 Å². The normalized spacial score (nSPS) is 10.6. The van der Waals surface area contributed by atoms with Crippen LogP contribution in [0.1, 0.15) is 15.9 Å². The van der Waals surface area contributed by atoms with Crippen LogP contribution in [0.3, 0.4) is 0 Å². The minimum atomic E-state index is -1.18. The van der Waals surface area contributed by atoms with Crippen molar-refractivity contribution in [1.82, 2.24) is 0 Å². The number of nitrogens with zero attached hydrogens (tertiary/aromatic N) is 1. The fourth-order valence-electron chi connectivity index (χ4n) is 1.37. The van der Waals surface area contributed by atoms with E-state index in [1.165, 1.54) is 12.1 Å². The second kappa shape index (κ2) is 5.07. The molecule has 0 aromatic heterocycles. The number of carbonyl (C=O) groups excluding carboxylic acids is 1. The summed E-state index contributed by atoms with van der Waals surface area (Å²) in [5.74, 6) is -1.18. The van der Waals surface area contributed by atoms with Crippen molar-refractivity contribution in [3.8, 4) is 0 Å². The maximum Gasteiger partial charge on any atom is 0.0715 e. The van der Waals surface area contributed by atoms with E-state index in [1.807, 2.05) is 30.3 Å². The third kappa shape index (κ3) is 3.01. The van der Waals surface area contributed by atoms with Crippen LogP contribution in [0.25, 0.3) is 0 Å². The van der Waals surface area contributed by atoms with Crippen LogP contribution in [0, 0.1) is 0 Å². The summed E-state index contributed by atoms with van der Waals surface area (Å²) in [5, 5.41) is 10.5. The summed E-state index contributed by atoms with van der Waals surface area (Å²) in [5.41, 5.74) is 1.86. The second-order valence-electron chi connectivity index (χ2n) is 3.50. The number of carboxylic acids is 1. The number of rotatable bonds is 3. The third-order valence-corrected chi connectivity index (χ3v) is 2.27. The molecule has 2 rings (SSSR count). The van der Waals surface area contributed by atoms with Gasteiger partial charge in [-0.05, 0) is 23.3 Å². The highest BCUT2D eigenvalue weighted by molar-refractivity contribution is 5.86. The average Bonchev–Trinajstić information content (AvgIpc) is 2.38. The SMILES string of the molecule is O=C([O-])c1ccc(N=Cc2ccccc2)cc1. The number of aromatic carboxylic acids is 1. The number of benzene rings is 2.